The second-order valence-corrected chi connectivity index (χ2v) is 5.33. The van der Waals surface area contributed by atoms with Crippen LogP contribution in [-0.2, 0) is 0 Å². The van der Waals surface area contributed by atoms with Gasteiger partial charge in [0.15, 0.2) is 12.4 Å². The van der Waals surface area contributed by atoms with Gasteiger partial charge in [0.25, 0.3) is 5.96 Å². The minimum Gasteiger partial charge on any atom is -0.265 e. The molecule has 0 saturated carbocycles. The molecular formula is C19H18N9+. The van der Waals surface area contributed by atoms with Crippen LogP contribution in [0.1, 0.15) is 16.7 Å². The van der Waals surface area contributed by atoms with Gasteiger partial charge >= 0.3 is 0 Å². The smallest absolute Gasteiger partial charge is 0.257 e. The number of aromatic amines is 1. The maximum Gasteiger partial charge on any atom is 0.257 e. The van der Waals surface area contributed by atoms with Gasteiger partial charge in [-0.05, 0) is 35.4 Å². The maximum atomic E-state index is 4.13. The van der Waals surface area contributed by atoms with Crippen molar-refractivity contribution in [2.24, 2.45) is 20.4 Å². The van der Waals surface area contributed by atoms with Crippen molar-refractivity contribution in [3.8, 4) is 0 Å². The largest absolute Gasteiger partial charge is 0.265 e. The molecule has 0 aliphatic heterocycles. The number of hydrogen-bond acceptors (Lipinski definition) is 6. The second-order valence-electron chi connectivity index (χ2n) is 5.33. The van der Waals surface area contributed by atoms with Gasteiger partial charge in [0.2, 0.25) is 0 Å². The van der Waals surface area contributed by atoms with E-state index in [1.165, 1.54) is 0 Å². The van der Waals surface area contributed by atoms with Crippen molar-refractivity contribution in [3.05, 3.63) is 90.3 Å². The topological polar surface area (TPSA) is 113 Å². The van der Waals surface area contributed by atoms with Crippen LogP contribution in [0, 0.1) is 0 Å². The molecule has 0 fully saturated rings. The highest BCUT2D eigenvalue weighted by Gasteiger charge is 1.95. The van der Waals surface area contributed by atoms with Crippen LogP contribution in [-0.4, -0.2) is 34.6 Å². The summed E-state index contributed by atoms with van der Waals surface area (Å²) in [5.41, 5.74) is 8.26. The maximum absolute atomic E-state index is 4.13. The number of rotatable bonds is 6. The monoisotopic (exact) mass is 372 g/mol. The molecule has 3 heterocycles. The third kappa shape index (κ3) is 6.56. The Morgan fingerprint density at radius 2 is 1.21 bits per heavy atom. The Kier molecular flexibility index (Phi) is 7.05. The highest BCUT2D eigenvalue weighted by Crippen LogP contribution is 1.92. The third-order valence-corrected chi connectivity index (χ3v) is 3.29. The predicted octanol–water partition coefficient (Wildman–Crippen LogP) is 1.23. The SMILES string of the molecule is C(=N/NC(=N/N=C/c1cc[nH+]cc1)N/N=C\c1ccncc1)/c1ccncc1. The number of guanidine groups is 1. The number of hydrogen-bond donors (Lipinski definition) is 2. The molecule has 0 aromatic carbocycles. The molecule has 0 unspecified atom stereocenters. The number of H-pyrrole nitrogens is 1. The number of aromatic nitrogens is 3. The number of nitrogens with zero attached hydrogens (tertiary/aromatic N) is 6. The van der Waals surface area contributed by atoms with E-state index in [1.54, 1.807) is 55.8 Å². The second kappa shape index (κ2) is 10.7. The molecule has 0 saturated heterocycles. The summed E-state index contributed by atoms with van der Waals surface area (Å²) >= 11 is 0. The van der Waals surface area contributed by atoms with Crippen LogP contribution in [0.2, 0.25) is 0 Å². The summed E-state index contributed by atoms with van der Waals surface area (Å²) in [5, 5.41) is 16.4. The van der Waals surface area contributed by atoms with Gasteiger partial charge in [-0.2, -0.15) is 15.3 Å². The molecule has 0 bridgehead atoms. The van der Waals surface area contributed by atoms with Crippen molar-refractivity contribution in [2.75, 3.05) is 0 Å². The van der Waals surface area contributed by atoms with Gasteiger partial charge in [0, 0.05) is 42.5 Å². The lowest BCUT2D eigenvalue weighted by Crippen LogP contribution is -2.30. The molecule has 9 heteroatoms. The molecule has 3 N–H and O–H groups in total. The summed E-state index contributed by atoms with van der Waals surface area (Å²) in [5.74, 6) is 0.259. The zero-order valence-electron chi connectivity index (χ0n) is 14.8. The van der Waals surface area contributed by atoms with Crippen LogP contribution >= 0.6 is 0 Å². The van der Waals surface area contributed by atoms with Crippen LogP contribution in [0.3, 0.4) is 0 Å². The van der Waals surface area contributed by atoms with Gasteiger partial charge in [0.05, 0.1) is 18.6 Å². The van der Waals surface area contributed by atoms with Gasteiger partial charge < -0.3 is 0 Å². The summed E-state index contributed by atoms with van der Waals surface area (Å²) in [6, 6.07) is 11.1. The van der Waals surface area contributed by atoms with Gasteiger partial charge in [-0.15, -0.1) is 5.10 Å². The Labute approximate surface area is 161 Å². The van der Waals surface area contributed by atoms with Crippen molar-refractivity contribution in [2.45, 2.75) is 0 Å². The molecular weight excluding hydrogens is 354 g/mol. The summed E-state index contributed by atoms with van der Waals surface area (Å²) in [6.07, 6.45) is 15.3. The molecule has 28 heavy (non-hydrogen) atoms. The first-order valence-electron chi connectivity index (χ1n) is 8.35. The standard InChI is InChI=1S/C19H17N9/c1-7-20-8-2-16(1)13-23-26-19(27-24-14-17-3-9-21-10-4-17)28-25-15-18-5-11-22-12-6-18/h1-15H,(H2,26,27,28)/p+1/b23-13-,24-14-,25-15+. The molecule has 3 rings (SSSR count). The zero-order valence-corrected chi connectivity index (χ0v) is 14.8. The first-order valence-corrected chi connectivity index (χ1v) is 8.35. The first kappa shape index (κ1) is 18.5. The van der Waals surface area contributed by atoms with E-state index in [1.807, 2.05) is 36.4 Å². The van der Waals surface area contributed by atoms with Crippen LogP contribution in [0.15, 0.2) is 94.0 Å². The summed E-state index contributed by atoms with van der Waals surface area (Å²) in [6.45, 7) is 0. The van der Waals surface area contributed by atoms with Crippen LogP contribution in [0.4, 0.5) is 0 Å². The van der Waals surface area contributed by atoms with Crippen molar-refractivity contribution >= 4 is 24.6 Å². The van der Waals surface area contributed by atoms with Crippen LogP contribution in [0.5, 0.6) is 0 Å². The van der Waals surface area contributed by atoms with Crippen molar-refractivity contribution in [1.82, 2.24) is 20.8 Å². The zero-order chi connectivity index (χ0) is 19.3. The van der Waals surface area contributed by atoms with Gasteiger partial charge in [0.1, 0.15) is 0 Å². The van der Waals surface area contributed by atoms with Gasteiger partial charge in [-0.25, -0.2) is 15.8 Å². The van der Waals surface area contributed by atoms with Gasteiger partial charge in [-0.1, -0.05) is 0 Å². The fraction of sp³-hybridized carbons (Fsp3) is 0. The Bertz CT molecular complexity index is 899. The highest BCUT2D eigenvalue weighted by atomic mass is 15.5. The Morgan fingerprint density at radius 3 is 1.75 bits per heavy atom. The number of pyridine rings is 3. The van der Waals surface area contributed by atoms with E-state index in [0.29, 0.717) is 0 Å². The van der Waals surface area contributed by atoms with E-state index in [-0.39, 0.29) is 5.96 Å². The minimum atomic E-state index is 0.259. The Morgan fingerprint density at radius 1 is 0.714 bits per heavy atom. The van der Waals surface area contributed by atoms with Crippen molar-refractivity contribution < 1.29 is 4.98 Å². The Balaban J connectivity index is 1.67. The van der Waals surface area contributed by atoms with Crippen molar-refractivity contribution in [1.29, 1.82) is 0 Å². The lowest BCUT2D eigenvalue weighted by molar-refractivity contribution is -0.378. The van der Waals surface area contributed by atoms with E-state index in [2.05, 4.69) is 46.2 Å². The Hall–Kier alpha value is -4.27. The predicted molar refractivity (Wildman–Crippen MR) is 108 cm³/mol. The highest BCUT2D eigenvalue weighted by molar-refractivity contribution is 5.86. The van der Waals surface area contributed by atoms with E-state index in [0.717, 1.165) is 16.7 Å². The molecule has 0 atom stereocenters. The molecule has 138 valence electrons. The van der Waals surface area contributed by atoms with Crippen LogP contribution in [0.25, 0.3) is 0 Å². The molecule has 3 aromatic rings. The van der Waals surface area contributed by atoms with E-state index in [4.69, 9.17) is 0 Å². The minimum absolute atomic E-state index is 0.259. The summed E-state index contributed by atoms with van der Waals surface area (Å²) in [4.78, 5) is 10.9. The molecule has 0 aliphatic rings. The van der Waals surface area contributed by atoms with E-state index in [9.17, 15) is 0 Å². The lowest BCUT2D eigenvalue weighted by Gasteiger charge is -2.02. The lowest BCUT2D eigenvalue weighted by atomic mass is 10.3. The molecule has 0 radical (unpaired) electrons. The average Bonchev–Trinajstić information content (AvgIpc) is 2.76. The van der Waals surface area contributed by atoms with E-state index >= 15 is 0 Å². The van der Waals surface area contributed by atoms with Crippen molar-refractivity contribution in [3.63, 3.8) is 0 Å². The number of hydrazone groups is 2. The summed E-state index contributed by atoms with van der Waals surface area (Å²) in [7, 11) is 0. The molecule has 9 nitrogen and oxygen atoms in total. The first-order chi connectivity index (χ1) is 13.9. The summed E-state index contributed by atoms with van der Waals surface area (Å²) < 4.78 is 0. The number of nitrogens with one attached hydrogen (secondary N) is 3. The third-order valence-electron chi connectivity index (χ3n) is 3.29. The normalized spacial score (nSPS) is 11.1. The van der Waals surface area contributed by atoms with E-state index < -0.39 is 0 Å². The molecule has 3 aromatic heterocycles. The van der Waals surface area contributed by atoms with Crippen LogP contribution < -0.4 is 15.8 Å². The van der Waals surface area contributed by atoms with Gasteiger partial charge in [-0.3, -0.25) is 9.97 Å². The molecule has 0 spiro atoms. The molecule has 0 amide bonds. The fourth-order valence-corrected chi connectivity index (χ4v) is 1.94. The molecule has 0 aliphatic carbocycles. The quantitative estimate of drug-likeness (QED) is 0.385. The average molecular weight is 372 g/mol. The fourth-order valence-electron chi connectivity index (χ4n) is 1.94.